The number of sulfonamides is 1. The van der Waals surface area contributed by atoms with Crippen LogP contribution in [-0.4, -0.2) is 77.6 Å². The molecule has 326 valence electrons. The first-order chi connectivity index (χ1) is 29.1. The Morgan fingerprint density at radius 1 is 1.08 bits per heavy atom. The van der Waals surface area contributed by atoms with Crippen molar-refractivity contribution in [3.05, 3.63) is 77.1 Å². The number of aryl methyl sites for hydroxylation is 1. The van der Waals surface area contributed by atoms with Gasteiger partial charge in [0.15, 0.2) is 0 Å². The highest BCUT2D eigenvalue weighted by Gasteiger charge is 2.52. The first kappa shape index (κ1) is 44.0. The van der Waals surface area contributed by atoms with E-state index in [2.05, 4.69) is 23.9 Å². The number of benzene rings is 2. The maximum absolute atomic E-state index is 14.4. The molecule has 5 unspecified atom stereocenters. The molecule has 4 aromatic rings. The van der Waals surface area contributed by atoms with Gasteiger partial charge in [-0.1, -0.05) is 44.9 Å². The Labute approximate surface area is 360 Å². The number of likely N-dealkylation sites (tertiary alicyclic amines) is 1. The van der Waals surface area contributed by atoms with Gasteiger partial charge in [-0.25, -0.2) is 22.8 Å². The lowest BCUT2D eigenvalue weighted by Gasteiger charge is -2.28. The molecule has 2 aromatic carbocycles. The third-order valence-electron chi connectivity index (χ3n) is 12.1. The van der Waals surface area contributed by atoms with Crippen LogP contribution in [0.1, 0.15) is 95.7 Å². The number of hydrogen-bond donors (Lipinski definition) is 3. The van der Waals surface area contributed by atoms with E-state index in [-0.39, 0.29) is 36.6 Å². The minimum atomic E-state index is -3.65. The lowest BCUT2D eigenvalue weighted by molar-refractivity contribution is -0.138. The van der Waals surface area contributed by atoms with E-state index in [0.717, 1.165) is 46.3 Å². The number of pyridine rings is 1. The molecule has 7 rings (SSSR count). The molecule has 2 aromatic heterocycles. The molecule has 3 aliphatic rings. The Bertz CT molecular complexity index is 2430. The summed E-state index contributed by atoms with van der Waals surface area (Å²) in [6, 6.07) is 9.92. The Balaban J connectivity index is 1.01. The van der Waals surface area contributed by atoms with Gasteiger partial charge in [0.05, 0.1) is 24.1 Å². The van der Waals surface area contributed by atoms with Gasteiger partial charge in [0.25, 0.3) is 0 Å². The van der Waals surface area contributed by atoms with Crippen molar-refractivity contribution in [2.24, 2.45) is 17.6 Å². The summed E-state index contributed by atoms with van der Waals surface area (Å²) in [4.78, 5) is 51.2. The number of methoxy groups -OCH3 is 1. The highest BCUT2D eigenvalue weighted by molar-refractivity contribution is 7.91. The summed E-state index contributed by atoms with van der Waals surface area (Å²) >= 11 is 1.50. The topological polar surface area (TPSA) is 183 Å². The SMILES string of the molecule is COc1ccc2c(OC3CC(C(N)=O)N(C(=O)C(CCCCCC=CC4CC4C(=O)NS(=O)(=O)C4(C)CC4)Nc4cccc(F)c4)C3)nc(-c3nc(C(C)C)cs3)cc2c1C. The molecule has 3 heterocycles. The predicted octanol–water partition coefficient (Wildman–Crippen LogP) is 7.39. The second-order valence-electron chi connectivity index (χ2n) is 17.1. The molecule has 1 aliphatic heterocycles. The number of carbonyl (C=O) groups is 3. The molecule has 0 radical (unpaired) electrons. The average molecular weight is 875 g/mol. The van der Waals surface area contributed by atoms with Gasteiger partial charge < -0.3 is 25.4 Å². The molecule has 13 nitrogen and oxygen atoms in total. The molecule has 3 amide bonds. The number of amides is 3. The Morgan fingerprint density at radius 2 is 1.87 bits per heavy atom. The van der Waals surface area contributed by atoms with Crippen LogP contribution in [0.5, 0.6) is 11.6 Å². The maximum atomic E-state index is 14.4. The number of carbonyl (C=O) groups excluding carboxylic acids is 3. The third-order valence-corrected chi connectivity index (χ3v) is 15.2. The zero-order valence-corrected chi connectivity index (χ0v) is 36.9. The zero-order valence-electron chi connectivity index (χ0n) is 35.3. The number of unbranched alkanes of at least 4 members (excludes halogenated alkanes) is 3. The van der Waals surface area contributed by atoms with E-state index in [1.54, 1.807) is 26.2 Å². The second-order valence-corrected chi connectivity index (χ2v) is 20.2. The van der Waals surface area contributed by atoms with Gasteiger partial charge in [-0.05, 0) is 112 Å². The van der Waals surface area contributed by atoms with Gasteiger partial charge in [-0.2, -0.15) is 0 Å². The minimum absolute atomic E-state index is 0.0214. The van der Waals surface area contributed by atoms with Crippen LogP contribution in [0.3, 0.4) is 0 Å². The Morgan fingerprint density at radius 3 is 2.56 bits per heavy atom. The van der Waals surface area contributed by atoms with Crippen LogP contribution in [0, 0.1) is 24.6 Å². The van der Waals surface area contributed by atoms with Crippen LogP contribution in [0.2, 0.25) is 0 Å². The summed E-state index contributed by atoms with van der Waals surface area (Å²) in [6.07, 6.45) is 8.75. The van der Waals surface area contributed by atoms with Gasteiger partial charge in [-0.3, -0.25) is 19.1 Å². The Kier molecular flexibility index (Phi) is 13.0. The summed E-state index contributed by atoms with van der Waals surface area (Å²) in [5.74, 6) is -0.875. The van der Waals surface area contributed by atoms with E-state index in [4.69, 9.17) is 25.2 Å². The molecule has 0 spiro atoms. The first-order valence-electron chi connectivity index (χ1n) is 21.0. The molecule has 4 N–H and O–H groups in total. The van der Waals surface area contributed by atoms with E-state index < -0.39 is 50.6 Å². The number of rotatable bonds is 19. The number of aromatic nitrogens is 2. The van der Waals surface area contributed by atoms with Gasteiger partial charge in [0.1, 0.15) is 40.5 Å². The highest BCUT2D eigenvalue weighted by atomic mass is 32.2. The number of nitrogens with zero attached hydrogens (tertiary/aromatic N) is 3. The molecule has 3 fully saturated rings. The van der Waals surface area contributed by atoms with E-state index in [9.17, 15) is 27.2 Å². The fourth-order valence-electron chi connectivity index (χ4n) is 7.86. The lowest BCUT2D eigenvalue weighted by Crippen LogP contribution is -2.49. The van der Waals surface area contributed by atoms with Crippen molar-refractivity contribution in [2.75, 3.05) is 19.0 Å². The van der Waals surface area contributed by atoms with E-state index >= 15 is 0 Å². The number of hydrogen-bond acceptors (Lipinski definition) is 11. The maximum Gasteiger partial charge on any atom is 0.245 e. The smallest absolute Gasteiger partial charge is 0.245 e. The molecule has 5 atom stereocenters. The number of allylic oxidation sites excluding steroid dienone is 2. The number of fused-ring (bicyclic) bond motifs is 1. The van der Waals surface area contributed by atoms with Crippen molar-refractivity contribution in [1.29, 1.82) is 0 Å². The van der Waals surface area contributed by atoms with Crippen molar-refractivity contribution < 1.29 is 36.7 Å². The molecular weight excluding hydrogens is 820 g/mol. The summed E-state index contributed by atoms with van der Waals surface area (Å²) in [5, 5.41) is 7.61. The molecule has 2 aliphatic carbocycles. The second kappa shape index (κ2) is 18.1. The number of primary amides is 1. The third kappa shape index (κ3) is 10.0. The number of ether oxygens (including phenoxy) is 2. The quantitative estimate of drug-likeness (QED) is 0.0635. The van der Waals surface area contributed by atoms with Crippen molar-refractivity contribution in [3.63, 3.8) is 0 Å². The van der Waals surface area contributed by atoms with E-state index in [0.29, 0.717) is 55.1 Å². The van der Waals surface area contributed by atoms with Crippen molar-refractivity contribution in [2.45, 2.75) is 114 Å². The van der Waals surface area contributed by atoms with Crippen LogP contribution < -0.4 is 25.2 Å². The molecule has 2 saturated carbocycles. The molecule has 61 heavy (non-hydrogen) atoms. The lowest BCUT2D eigenvalue weighted by atomic mass is 10.0. The van der Waals surface area contributed by atoms with Crippen molar-refractivity contribution in [3.8, 4) is 22.3 Å². The first-order valence-corrected chi connectivity index (χ1v) is 23.4. The van der Waals surface area contributed by atoms with Crippen LogP contribution in [0.4, 0.5) is 10.1 Å². The summed E-state index contributed by atoms with van der Waals surface area (Å²) in [5.41, 5.74) is 8.88. The molecular formula is C45H55FN6O7S2. The largest absolute Gasteiger partial charge is 0.496 e. The van der Waals surface area contributed by atoms with Crippen molar-refractivity contribution in [1.82, 2.24) is 19.6 Å². The van der Waals surface area contributed by atoms with Crippen LogP contribution in [0.25, 0.3) is 21.5 Å². The molecule has 1 saturated heterocycles. The normalized spacial score (nSPS) is 21.1. The van der Waals surface area contributed by atoms with Crippen LogP contribution in [-0.2, 0) is 24.4 Å². The average Bonchev–Trinajstić information content (AvgIpc) is 4.05. The molecule has 0 bridgehead atoms. The number of nitrogens with one attached hydrogen (secondary N) is 2. The predicted molar refractivity (Wildman–Crippen MR) is 234 cm³/mol. The number of thiazole rings is 1. The van der Waals surface area contributed by atoms with E-state index in [1.807, 2.05) is 42.7 Å². The van der Waals surface area contributed by atoms with Gasteiger partial charge >= 0.3 is 0 Å². The number of halogens is 1. The van der Waals surface area contributed by atoms with Crippen molar-refractivity contribution >= 4 is 55.5 Å². The summed E-state index contributed by atoms with van der Waals surface area (Å²) < 4.78 is 52.9. The summed E-state index contributed by atoms with van der Waals surface area (Å²) in [7, 11) is -2.03. The number of nitrogens with two attached hydrogens (primary N) is 1. The van der Waals surface area contributed by atoms with Gasteiger partial charge in [-0.15, -0.1) is 11.3 Å². The standard InChI is InChI=1S/C45H55FN6O7S2/c1-26(2)37-25-60-43(50-37)36-23-33-27(3)39(58-5)17-16-32(33)42(49-36)59-31-22-38(40(47)53)52(24-31)44(55)35(48-30-14-11-13-29(46)21-30)15-10-8-6-7-9-12-28-20-34(28)41(54)51-61(56,57)45(4)18-19-45/h9,11-14,16-17,21,23,25-26,28,31,34-35,38,48H,6-8,10,15,18-20,22,24H2,1-5H3,(H2,47,53)(H,51,54). The monoisotopic (exact) mass is 874 g/mol. The molecule has 16 heteroatoms. The fourth-order valence-corrected chi connectivity index (χ4v) is 10.1. The highest BCUT2D eigenvalue weighted by Crippen LogP contribution is 2.44. The van der Waals surface area contributed by atoms with E-state index in [1.165, 1.54) is 28.4 Å². The minimum Gasteiger partial charge on any atom is -0.496 e. The van der Waals surface area contributed by atoms with Crippen LogP contribution >= 0.6 is 11.3 Å². The zero-order chi connectivity index (χ0) is 43.6. The van der Waals surface area contributed by atoms with Gasteiger partial charge in [0, 0.05) is 28.8 Å². The number of anilines is 1. The summed E-state index contributed by atoms with van der Waals surface area (Å²) in [6.45, 7) is 7.88. The Hall–Kier alpha value is -5.09. The fraction of sp³-hybridized carbons (Fsp3) is 0.489. The van der Waals surface area contributed by atoms with Crippen LogP contribution in [0.15, 0.2) is 60.0 Å². The van der Waals surface area contributed by atoms with Gasteiger partial charge in [0.2, 0.25) is 33.6 Å².